The zero-order valence-electron chi connectivity index (χ0n) is 12.3. The molecule has 0 aliphatic carbocycles. The van der Waals surface area contributed by atoms with E-state index in [1.165, 1.54) is 7.11 Å². The number of hydrogen-bond donors (Lipinski definition) is 1. The Hall–Kier alpha value is -2.49. The third kappa shape index (κ3) is 4.24. The molecule has 0 aromatic heterocycles. The molecular weight excluding hydrogens is 266 g/mol. The Morgan fingerprint density at radius 2 is 1.95 bits per heavy atom. The number of hydrogen-bond acceptors (Lipinski definition) is 4. The van der Waals surface area contributed by atoms with E-state index >= 15 is 0 Å². The monoisotopic (exact) mass is 285 g/mol. The highest BCUT2D eigenvalue weighted by Gasteiger charge is 2.05. The van der Waals surface area contributed by atoms with Crippen molar-refractivity contribution in [3.05, 3.63) is 59.7 Å². The summed E-state index contributed by atoms with van der Waals surface area (Å²) in [7, 11) is 1.38. The van der Waals surface area contributed by atoms with Crippen LogP contribution < -0.4 is 10.1 Å². The lowest BCUT2D eigenvalue weighted by Gasteiger charge is -2.09. The van der Waals surface area contributed by atoms with Gasteiger partial charge in [0.2, 0.25) is 0 Å². The van der Waals surface area contributed by atoms with Crippen LogP contribution in [0.15, 0.2) is 48.5 Å². The van der Waals surface area contributed by atoms with Crippen LogP contribution in [0.25, 0.3) is 0 Å². The molecule has 0 heterocycles. The Morgan fingerprint density at radius 3 is 2.71 bits per heavy atom. The van der Waals surface area contributed by atoms with Gasteiger partial charge < -0.3 is 14.8 Å². The predicted molar refractivity (Wildman–Crippen MR) is 82.7 cm³/mol. The van der Waals surface area contributed by atoms with E-state index in [-0.39, 0.29) is 5.97 Å². The number of benzene rings is 2. The molecule has 0 fully saturated rings. The van der Waals surface area contributed by atoms with Crippen molar-refractivity contribution in [3.63, 3.8) is 0 Å². The highest BCUT2D eigenvalue weighted by atomic mass is 16.5. The van der Waals surface area contributed by atoms with E-state index in [2.05, 4.69) is 5.32 Å². The highest BCUT2D eigenvalue weighted by Crippen LogP contribution is 2.16. The largest absolute Gasteiger partial charge is 0.494 e. The number of anilines is 1. The van der Waals surface area contributed by atoms with E-state index in [9.17, 15) is 4.79 Å². The number of ether oxygens (including phenoxy) is 2. The second-order valence-corrected chi connectivity index (χ2v) is 4.51. The van der Waals surface area contributed by atoms with E-state index in [0.717, 1.165) is 17.0 Å². The van der Waals surface area contributed by atoms with E-state index in [4.69, 9.17) is 9.47 Å². The zero-order valence-corrected chi connectivity index (χ0v) is 12.3. The van der Waals surface area contributed by atoms with Gasteiger partial charge in [-0.15, -0.1) is 0 Å². The Balaban J connectivity index is 2.02. The van der Waals surface area contributed by atoms with Crippen molar-refractivity contribution >= 4 is 11.7 Å². The minimum absolute atomic E-state index is 0.336. The van der Waals surface area contributed by atoms with Gasteiger partial charge in [-0.25, -0.2) is 4.79 Å². The summed E-state index contributed by atoms with van der Waals surface area (Å²) in [5, 5.41) is 3.29. The Morgan fingerprint density at radius 1 is 1.14 bits per heavy atom. The first kappa shape index (κ1) is 14.9. The molecule has 0 unspecified atom stereocenters. The zero-order chi connectivity index (χ0) is 15.1. The summed E-state index contributed by atoms with van der Waals surface area (Å²) < 4.78 is 10.2. The molecule has 2 rings (SSSR count). The molecule has 0 radical (unpaired) electrons. The molecule has 0 aliphatic heterocycles. The lowest BCUT2D eigenvalue weighted by Crippen LogP contribution is -2.04. The fraction of sp³-hybridized carbons (Fsp3) is 0.235. The number of esters is 1. The van der Waals surface area contributed by atoms with E-state index in [1.807, 2.05) is 43.3 Å². The summed E-state index contributed by atoms with van der Waals surface area (Å²) >= 11 is 0. The molecule has 0 saturated heterocycles. The van der Waals surface area contributed by atoms with Gasteiger partial charge in [-0.2, -0.15) is 0 Å². The SMILES string of the molecule is CCOc1cccc(CNc2cccc(C(=O)OC)c2)c1. The molecule has 0 amide bonds. The van der Waals surface area contributed by atoms with Crippen LogP contribution in [-0.2, 0) is 11.3 Å². The van der Waals surface area contributed by atoms with Crippen LogP contribution in [0.2, 0.25) is 0 Å². The maximum Gasteiger partial charge on any atom is 0.337 e. The average Bonchev–Trinajstić information content (AvgIpc) is 2.53. The molecule has 1 N–H and O–H groups in total. The average molecular weight is 285 g/mol. The first-order valence-corrected chi connectivity index (χ1v) is 6.87. The first-order valence-electron chi connectivity index (χ1n) is 6.87. The fourth-order valence-electron chi connectivity index (χ4n) is 1.99. The van der Waals surface area contributed by atoms with Crippen molar-refractivity contribution in [3.8, 4) is 5.75 Å². The molecule has 0 spiro atoms. The predicted octanol–water partition coefficient (Wildman–Crippen LogP) is 3.48. The molecule has 4 nitrogen and oxygen atoms in total. The Kier molecular flexibility index (Phi) is 5.21. The quantitative estimate of drug-likeness (QED) is 0.825. The molecule has 110 valence electrons. The number of nitrogens with one attached hydrogen (secondary N) is 1. The van der Waals surface area contributed by atoms with Crippen LogP contribution in [0.1, 0.15) is 22.8 Å². The summed E-state index contributed by atoms with van der Waals surface area (Å²) in [4.78, 5) is 11.5. The van der Waals surface area contributed by atoms with Crippen LogP contribution in [-0.4, -0.2) is 19.7 Å². The third-order valence-electron chi connectivity index (χ3n) is 2.99. The van der Waals surface area contributed by atoms with Gasteiger partial charge in [0.1, 0.15) is 5.75 Å². The van der Waals surface area contributed by atoms with Gasteiger partial charge in [0.05, 0.1) is 19.3 Å². The van der Waals surface area contributed by atoms with Crippen molar-refractivity contribution in [2.45, 2.75) is 13.5 Å². The van der Waals surface area contributed by atoms with Crippen LogP contribution in [0.4, 0.5) is 5.69 Å². The van der Waals surface area contributed by atoms with Crippen molar-refractivity contribution in [1.29, 1.82) is 0 Å². The standard InChI is InChI=1S/C17H19NO3/c1-3-21-16-9-4-6-13(10-16)12-18-15-8-5-7-14(11-15)17(19)20-2/h4-11,18H,3,12H2,1-2H3. The number of rotatable bonds is 6. The lowest BCUT2D eigenvalue weighted by molar-refractivity contribution is 0.0601. The summed E-state index contributed by atoms with van der Waals surface area (Å²) in [5.74, 6) is 0.525. The molecule has 4 heteroatoms. The topological polar surface area (TPSA) is 47.6 Å². The molecule has 21 heavy (non-hydrogen) atoms. The summed E-state index contributed by atoms with van der Waals surface area (Å²) in [5.41, 5.74) is 2.52. The Bertz CT molecular complexity index is 610. The number of carbonyl (C=O) groups is 1. The fourth-order valence-corrected chi connectivity index (χ4v) is 1.99. The van der Waals surface area contributed by atoms with Crippen molar-refractivity contribution in [2.75, 3.05) is 19.0 Å². The molecule has 2 aromatic rings. The van der Waals surface area contributed by atoms with Crippen LogP contribution in [0.3, 0.4) is 0 Å². The molecule has 2 aromatic carbocycles. The van der Waals surface area contributed by atoms with Crippen molar-refractivity contribution in [1.82, 2.24) is 0 Å². The van der Waals surface area contributed by atoms with E-state index in [1.54, 1.807) is 12.1 Å². The number of carbonyl (C=O) groups excluding carboxylic acids is 1. The van der Waals surface area contributed by atoms with Gasteiger partial charge in [0, 0.05) is 12.2 Å². The van der Waals surface area contributed by atoms with Crippen LogP contribution in [0, 0.1) is 0 Å². The van der Waals surface area contributed by atoms with Gasteiger partial charge in [-0.3, -0.25) is 0 Å². The second-order valence-electron chi connectivity index (χ2n) is 4.51. The molecular formula is C17H19NO3. The molecule has 0 atom stereocenters. The second kappa shape index (κ2) is 7.33. The molecule has 0 bridgehead atoms. The normalized spacial score (nSPS) is 10.0. The van der Waals surface area contributed by atoms with E-state index in [0.29, 0.717) is 18.7 Å². The van der Waals surface area contributed by atoms with Gasteiger partial charge in [-0.1, -0.05) is 18.2 Å². The first-order chi connectivity index (χ1) is 10.2. The van der Waals surface area contributed by atoms with Gasteiger partial charge in [-0.05, 0) is 42.8 Å². The minimum atomic E-state index is -0.336. The molecule has 0 saturated carbocycles. The summed E-state index contributed by atoms with van der Waals surface area (Å²) in [6.45, 7) is 3.27. The van der Waals surface area contributed by atoms with Crippen molar-refractivity contribution in [2.24, 2.45) is 0 Å². The maximum atomic E-state index is 11.5. The third-order valence-corrected chi connectivity index (χ3v) is 2.99. The molecule has 0 aliphatic rings. The summed E-state index contributed by atoms with van der Waals surface area (Å²) in [6, 6.07) is 15.2. The number of methoxy groups -OCH3 is 1. The van der Waals surface area contributed by atoms with Gasteiger partial charge >= 0.3 is 5.97 Å². The summed E-state index contributed by atoms with van der Waals surface area (Å²) in [6.07, 6.45) is 0. The van der Waals surface area contributed by atoms with Crippen LogP contribution in [0.5, 0.6) is 5.75 Å². The highest BCUT2D eigenvalue weighted by molar-refractivity contribution is 5.90. The van der Waals surface area contributed by atoms with Gasteiger partial charge in [0.25, 0.3) is 0 Å². The lowest BCUT2D eigenvalue weighted by atomic mass is 10.2. The smallest absolute Gasteiger partial charge is 0.337 e. The van der Waals surface area contributed by atoms with Gasteiger partial charge in [0.15, 0.2) is 0 Å². The van der Waals surface area contributed by atoms with E-state index < -0.39 is 0 Å². The Labute approximate surface area is 124 Å². The minimum Gasteiger partial charge on any atom is -0.494 e. The van der Waals surface area contributed by atoms with Crippen LogP contribution >= 0.6 is 0 Å². The maximum absolute atomic E-state index is 11.5. The van der Waals surface area contributed by atoms with Crippen molar-refractivity contribution < 1.29 is 14.3 Å².